The number of hydrogen-bond donors (Lipinski definition) is 1. The van der Waals surface area contributed by atoms with Crippen molar-refractivity contribution in [1.29, 1.82) is 0 Å². The number of carbonyl (C=O) groups is 1. The predicted octanol–water partition coefficient (Wildman–Crippen LogP) is 2.49. The fourth-order valence-corrected chi connectivity index (χ4v) is 2.64. The molecule has 1 N–H and O–H groups in total. The van der Waals surface area contributed by atoms with Gasteiger partial charge in [-0.2, -0.15) is 0 Å². The number of carbonyl (C=O) groups excluding carboxylic acids is 1. The largest absolute Gasteiger partial charge is 0.436 e. The Bertz CT molecular complexity index is 865. The first-order valence-corrected chi connectivity index (χ1v) is 7.99. The molecule has 0 spiro atoms. The van der Waals surface area contributed by atoms with Crippen LogP contribution in [0.5, 0.6) is 0 Å². The van der Waals surface area contributed by atoms with E-state index in [-0.39, 0.29) is 23.6 Å². The lowest BCUT2D eigenvalue weighted by atomic mass is 10.0. The van der Waals surface area contributed by atoms with Crippen molar-refractivity contribution >= 4 is 16.9 Å². The van der Waals surface area contributed by atoms with Gasteiger partial charge in [-0.15, -0.1) is 5.10 Å². The number of hydrogen-bond acceptors (Lipinski definition) is 5. The van der Waals surface area contributed by atoms with E-state index in [0.29, 0.717) is 18.1 Å². The normalized spacial score (nSPS) is 12.7. The molecule has 1 atom stereocenters. The SMILES string of the molecule is Cc1nc(C)c(C(=O)N[C@@H](Cn2nnc3ccccc32)C(C)C)o1. The molecule has 24 heavy (non-hydrogen) atoms. The maximum atomic E-state index is 12.5. The van der Waals surface area contributed by atoms with Gasteiger partial charge in [0.1, 0.15) is 5.52 Å². The first kappa shape index (κ1) is 16.2. The first-order chi connectivity index (χ1) is 11.5. The summed E-state index contributed by atoms with van der Waals surface area (Å²) in [6, 6.07) is 7.66. The summed E-state index contributed by atoms with van der Waals surface area (Å²) in [6.45, 7) is 8.15. The van der Waals surface area contributed by atoms with Gasteiger partial charge in [-0.3, -0.25) is 4.79 Å². The zero-order valence-electron chi connectivity index (χ0n) is 14.3. The van der Waals surface area contributed by atoms with Crippen LogP contribution in [0, 0.1) is 19.8 Å². The Labute approximate surface area is 140 Å². The zero-order valence-corrected chi connectivity index (χ0v) is 14.3. The molecule has 0 saturated carbocycles. The Morgan fingerprint density at radius 1 is 1.29 bits per heavy atom. The van der Waals surface area contributed by atoms with Gasteiger partial charge < -0.3 is 9.73 Å². The fourth-order valence-electron chi connectivity index (χ4n) is 2.64. The highest BCUT2D eigenvalue weighted by Gasteiger charge is 2.23. The zero-order chi connectivity index (χ0) is 17.3. The first-order valence-electron chi connectivity index (χ1n) is 7.99. The van der Waals surface area contributed by atoms with E-state index in [1.165, 1.54) is 0 Å². The summed E-state index contributed by atoms with van der Waals surface area (Å²) in [6.07, 6.45) is 0. The summed E-state index contributed by atoms with van der Waals surface area (Å²) in [4.78, 5) is 16.6. The molecule has 7 nitrogen and oxygen atoms in total. The van der Waals surface area contributed by atoms with E-state index in [0.717, 1.165) is 11.0 Å². The molecule has 0 unspecified atom stereocenters. The minimum absolute atomic E-state index is 0.104. The molecule has 126 valence electrons. The molecule has 2 aromatic heterocycles. The number of oxazole rings is 1. The number of rotatable bonds is 5. The quantitative estimate of drug-likeness (QED) is 0.778. The van der Waals surface area contributed by atoms with Crippen LogP contribution in [0.3, 0.4) is 0 Å². The third-order valence-electron chi connectivity index (χ3n) is 4.02. The number of amides is 1. The van der Waals surface area contributed by atoms with Gasteiger partial charge in [0.2, 0.25) is 5.76 Å². The van der Waals surface area contributed by atoms with Crippen LogP contribution in [0.25, 0.3) is 11.0 Å². The van der Waals surface area contributed by atoms with E-state index < -0.39 is 0 Å². The Balaban J connectivity index is 1.80. The second-order valence-corrected chi connectivity index (χ2v) is 6.23. The van der Waals surface area contributed by atoms with Crippen LogP contribution in [-0.2, 0) is 6.54 Å². The van der Waals surface area contributed by atoms with Gasteiger partial charge in [-0.05, 0) is 25.0 Å². The molecule has 1 aromatic carbocycles. The van der Waals surface area contributed by atoms with Crippen LogP contribution in [0.15, 0.2) is 28.7 Å². The maximum absolute atomic E-state index is 12.5. The minimum Gasteiger partial charge on any atom is -0.436 e. The molecule has 0 aliphatic heterocycles. The summed E-state index contributed by atoms with van der Waals surface area (Å²) in [5.41, 5.74) is 2.39. The van der Waals surface area contributed by atoms with E-state index in [4.69, 9.17) is 4.42 Å². The maximum Gasteiger partial charge on any atom is 0.289 e. The van der Waals surface area contributed by atoms with Gasteiger partial charge in [-0.25, -0.2) is 9.67 Å². The van der Waals surface area contributed by atoms with Crippen LogP contribution in [-0.4, -0.2) is 31.9 Å². The van der Waals surface area contributed by atoms with Crippen molar-refractivity contribution < 1.29 is 9.21 Å². The number of para-hydroxylation sites is 1. The topological polar surface area (TPSA) is 85.8 Å². The van der Waals surface area contributed by atoms with Crippen LogP contribution < -0.4 is 5.32 Å². The van der Waals surface area contributed by atoms with E-state index in [1.54, 1.807) is 13.8 Å². The summed E-state index contributed by atoms with van der Waals surface area (Å²) < 4.78 is 7.22. The molecule has 0 fully saturated rings. The Morgan fingerprint density at radius 3 is 2.71 bits per heavy atom. The standard InChI is InChI=1S/C17H21N5O2/c1-10(2)14(19-17(23)16-11(3)18-12(4)24-16)9-22-15-8-6-5-7-13(15)20-21-22/h5-8,10,14H,9H2,1-4H3,(H,19,23)/t14-/m0/s1. The van der Waals surface area contributed by atoms with Crippen LogP contribution in [0.4, 0.5) is 0 Å². The Hall–Kier alpha value is -2.70. The number of aromatic nitrogens is 4. The molecule has 3 rings (SSSR count). The van der Waals surface area contributed by atoms with Crippen molar-refractivity contribution in [2.75, 3.05) is 0 Å². The van der Waals surface area contributed by atoms with Crippen molar-refractivity contribution in [3.05, 3.63) is 41.6 Å². The number of benzene rings is 1. The van der Waals surface area contributed by atoms with E-state index in [9.17, 15) is 4.79 Å². The van der Waals surface area contributed by atoms with Gasteiger partial charge in [0.15, 0.2) is 5.89 Å². The van der Waals surface area contributed by atoms with Gasteiger partial charge >= 0.3 is 0 Å². The van der Waals surface area contributed by atoms with Gasteiger partial charge in [0.25, 0.3) is 5.91 Å². The summed E-state index contributed by atoms with van der Waals surface area (Å²) in [7, 11) is 0. The third kappa shape index (κ3) is 3.15. The highest BCUT2D eigenvalue weighted by molar-refractivity contribution is 5.92. The summed E-state index contributed by atoms with van der Waals surface area (Å²) in [5.74, 6) is 0.722. The summed E-state index contributed by atoms with van der Waals surface area (Å²) in [5, 5.41) is 11.4. The molecule has 1 amide bonds. The molecular weight excluding hydrogens is 306 g/mol. The molecule has 0 aliphatic rings. The fraction of sp³-hybridized carbons (Fsp3) is 0.412. The van der Waals surface area contributed by atoms with Crippen LogP contribution in [0.1, 0.15) is 36.0 Å². The number of nitrogens with one attached hydrogen (secondary N) is 1. The second kappa shape index (κ2) is 6.43. The number of fused-ring (bicyclic) bond motifs is 1. The van der Waals surface area contributed by atoms with Crippen molar-refractivity contribution in [1.82, 2.24) is 25.3 Å². The summed E-state index contributed by atoms with van der Waals surface area (Å²) >= 11 is 0. The molecule has 2 heterocycles. The van der Waals surface area contributed by atoms with Crippen molar-refractivity contribution in [3.63, 3.8) is 0 Å². The second-order valence-electron chi connectivity index (χ2n) is 6.23. The number of nitrogens with zero attached hydrogens (tertiary/aromatic N) is 4. The number of aryl methyl sites for hydroxylation is 2. The smallest absolute Gasteiger partial charge is 0.289 e. The Kier molecular flexibility index (Phi) is 4.33. The molecule has 7 heteroatoms. The van der Waals surface area contributed by atoms with E-state index in [2.05, 4.69) is 34.5 Å². The molecule has 0 saturated heterocycles. The highest BCUT2D eigenvalue weighted by Crippen LogP contribution is 2.14. The monoisotopic (exact) mass is 327 g/mol. The van der Waals surface area contributed by atoms with Gasteiger partial charge in [0, 0.05) is 6.92 Å². The lowest BCUT2D eigenvalue weighted by Crippen LogP contribution is -2.41. The Morgan fingerprint density at radius 2 is 2.04 bits per heavy atom. The van der Waals surface area contributed by atoms with Gasteiger partial charge in [-0.1, -0.05) is 31.2 Å². The van der Waals surface area contributed by atoms with Gasteiger partial charge in [0.05, 0.1) is 23.8 Å². The average Bonchev–Trinajstić information content (AvgIpc) is 3.09. The molecule has 0 aliphatic carbocycles. The van der Waals surface area contributed by atoms with Crippen LogP contribution >= 0.6 is 0 Å². The van der Waals surface area contributed by atoms with E-state index in [1.807, 2.05) is 28.9 Å². The average molecular weight is 327 g/mol. The molecule has 0 bridgehead atoms. The van der Waals surface area contributed by atoms with Crippen molar-refractivity contribution in [3.8, 4) is 0 Å². The molecular formula is C17H21N5O2. The van der Waals surface area contributed by atoms with E-state index >= 15 is 0 Å². The predicted molar refractivity (Wildman–Crippen MR) is 89.6 cm³/mol. The highest BCUT2D eigenvalue weighted by atomic mass is 16.4. The van der Waals surface area contributed by atoms with Crippen molar-refractivity contribution in [2.24, 2.45) is 5.92 Å². The third-order valence-corrected chi connectivity index (χ3v) is 4.02. The molecule has 0 radical (unpaired) electrons. The van der Waals surface area contributed by atoms with Crippen molar-refractivity contribution in [2.45, 2.75) is 40.3 Å². The minimum atomic E-state index is -0.253. The lowest BCUT2D eigenvalue weighted by Gasteiger charge is -2.22. The van der Waals surface area contributed by atoms with Crippen LogP contribution in [0.2, 0.25) is 0 Å². The molecule has 3 aromatic rings. The lowest BCUT2D eigenvalue weighted by molar-refractivity contribution is 0.0889.